The lowest BCUT2D eigenvalue weighted by Gasteiger charge is -2.05. The fourth-order valence-corrected chi connectivity index (χ4v) is 1.57. The standard InChI is InChI=1S/C14H13N3/c1-9-4-6-12(7-5-9)14-16-11(3)10(2)13(8-15)17-14/h4-7H,1-3H3. The summed E-state index contributed by atoms with van der Waals surface area (Å²) in [6, 6.07) is 10.1. The maximum atomic E-state index is 9.02. The zero-order valence-corrected chi connectivity index (χ0v) is 10.2. The number of aromatic nitrogens is 2. The van der Waals surface area contributed by atoms with Crippen molar-refractivity contribution in [2.75, 3.05) is 0 Å². The molecule has 0 bridgehead atoms. The highest BCUT2D eigenvalue weighted by Crippen LogP contribution is 2.18. The average Bonchev–Trinajstić information content (AvgIpc) is 2.33. The fourth-order valence-electron chi connectivity index (χ4n) is 1.57. The van der Waals surface area contributed by atoms with Gasteiger partial charge in [-0.05, 0) is 20.8 Å². The molecule has 0 N–H and O–H groups in total. The quantitative estimate of drug-likeness (QED) is 0.746. The molecular formula is C14H13N3. The Morgan fingerprint density at radius 1 is 1.00 bits per heavy atom. The summed E-state index contributed by atoms with van der Waals surface area (Å²) in [6.45, 7) is 5.80. The summed E-state index contributed by atoms with van der Waals surface area (Å²) in [6.07, 6.45) is 0. The van der Waals surface area contributed by atoms with Crippen molar-refractivity contribution in [3.8, 4) is 17.5 Å². The van der Waals surface area contributed by atoms with Gasteiger partial charge in [0.2, 0.25) is 0 Å². The molecule has 1 aromatic carbocycles. The van der Waals surface area contributed by atoms with Crippen LogP contribution in [0.1, 0.15) is 22.5 Å². The summed E-state index contributed by atoms with van der Waals surface area (Å²) in [7, 11) is 0. The molecule has 0 atom stereocenters. The minimum absolute atomic E-state index is 0.452. The van der Waals surface area contributed by atoms with Crippen LogP contribution in [0, 0.1) is 32.1 Å². The predicted molar refractivity (Wildman–Crippen MR) is 66.4 cm³/mol. The zero-order valence-electron chi connectivity index (χ0n) is 10.2. The summed E-state index contributed by atoms with van der Waals surface area (Å²) in [5.74, 6) is 0.615. The molecule has 0 aliphatic heterocycles. The molecular weight excluding hydrogens is 210 g/mol. The third-order valence-electron chi connectivity index (χ3n) is 2.80. The number of nitriles is 1. The highest BCUT2D eigenvalue weighted by atomic mass is 14.9. The van der Waals surface area contributed by atoms with E-state index in [2.05, 4.69) is 16.0 Å². The van der Waals surface area contributed by atoms with E-state index in [0.29, 0.717) is 11.5 Å². The van der Waals surface area contributed by atoms with Crippen molar-refractivity contribution in [3.63, 3.8) is 0 Å². The number of hydrogen-bond acceptors (Lipinski definition) is 3. The molecule has 2 aromatic rings. The van der Waals surface area contributed by atoms with E-state index in [0.717, 1.165) is 16.8 Å². The van der Waals surface area contributed by atoms with Gasteiger partial charge in [-0.25, -0.2) is 9.97 Å². The van der Waals surface area contributed by atoms with Crippen molar-refractivity contribution >= 4 is 0 Å². The number of hydrogen-bond donors (Lipinski definition) is 0. The molecule has 2 rings (SSSR count). The number of benzene rings is 1. The minimum atomic E-state index is 0.452. The van der Waals surface area contributed by atoms with Crippen molar-refractivity contribution in [2.24, 2.45) is 0 Å². The molecule has 1 aromatic heterocycles. The van der Waals surface area contributed by atoms with Gasteiger partial charge in [-0.2, -0.15) is 5.26 Å². The van der Waals surface area contributed by atoms with Crippen molar-refractivity contribution in [1.29, 1.82) is 5.26 Å². The van der Waals surface area contributed by atoms with Crippen LogP contribution < -0.4 is 0 Å². The Labute approximate surface area is 101 Å². The van der Waals surface area contributed by atoms with Gasteiger partial charge < -0.3 is 0 Å². The first-order valence-electron chi connectivity index (χ1n) is 5.44. The second kappa shape index (κ2) is 4.34. The average molecular weight is 223 g/mol. The smallest absolute Gasteiger partial charge is 0.160 e. The monoisotopic (exact) mass is 223 g/mol. The van der Waals surface area contributed by atoms with Gasteiger partial charge in [0, 0.05) is 16.8 Å². The lowest BCUT2D eigenvalue weighted by atomic mass is 10.1. The summed E-state index contributed by atoms with van der Waals surface area (Å²) >= 11 is 0. The Bertz CT molecular complexity index is 592. The summed E-state index contributed by atoms with van der Waals surface area (Å²) in [5, 5.41) is 9.02. The Hall–Kier alpha value is -2.21. The van der Waals surface area contributed by atoms with Crippen molar-refractivity contribution < 1.29 is 0 Å². The Morgan fingerprint density at radius 3 is 2.24 bits per heavy atom. The molecule has 0 unspecified atom stereocenters. The van der Waals surface area contributed by atoms with E-state index in [9.17, 15) is 0 Å². The highest BCUT2D eigenvalue weighted by Gasteiger charge is 2.08. The molecule has 0 aliphatic carbocycles. The third-order valence-corrected chi connectivity index (χ3v) is 2.80. The van der Waals surface area contributed by atoms with Gasteiger partial charge in [-0.15, -0.1) is 0 Å². The molecule has 0 saturated carbocycles. The molecule has 1 heterocycles. The SMILES string of the molecule is Cc1ccc(-c2nc(C)c(C)c(C#N)n2)cc1. The summed E-state index contributed by atoms with van der Waals surface area (Å²) in [4.78, 5) is 8.70. The first kappa shape index (κ1) is 11.3. The van der Waals surface area contributed by atoms with Crippen LogP contribution in [0.2, 0.25) is 0 Å². The molecule has 0 saturated heterocycles. The van der Waals surface area contributed by atoms with Crippen LogP contribution in [0.25, 0.3) is 11.4 Å². The van der Waals surface area contributed by atoms with Gasteiger partial charge >= 0.3 is 0 Å². The molecule has 17 heavy (non-hydrogen) atoms. The van der Waals surface area contributed by atoms with Crippen molar-refractivity contribution in [3.05, 3.63) is 46.8 Å². The molecule has 0 radical (unpaired) electrons. The second-order valence-electron chi connectivity index (χ2n) is 4.08. The molecule has 0 fully saturated rings. The lowest BCUT2D eigenvalue weighted by Crippen LogP contribution is -1.99. The maximum absolute atomic E-state index is 9.02. The van der Waals surface area contributed by atoms with E-state index in [1.807, 2.05) is 45.0 Å². The molecule has 0 aliphatic rings. The van der Waals surface area contributed by atoms with Gasteiger partial charge in [0.15, 0.2) is 5.82 Å². The molecule has 3 nitrogen and oxygen atoms in total. The number of aryl methyl sites for hydroxylation is 2. The van der Waals surface area contributed by atoms with Crippen LogP contribution in [-0.4, -0.2) is 9.97 Å². The largest absolute Gasteiger partial charge is 0.233 e. The van der Waals surface area contributed by atoms with Crippen LogP contribution in [0.3, 0.4) is 0 Å². The summed E-state index contributed by atoms with van der Waals surface area (Å²) in [5.41, 5.74) is 4.29. The van der Waals surface area contributed by atoms with E-state index in [-0.39, 0.29) is 0 Å². The zero-order chi connectivity index (χ0) is 12.4. The van der Waals surface area contributed by atoms with Crippen LogP contribution in [0.4, 0.5) is 0 Å². The van der Waals surface area contributed by atoms with Crippen molar-refractivity contribution in [1.82, 2.24) is 9.97 Å². The van der Waals surface area contributed by atoms with E-state index in [1.165, 1.54) is 5.56 Å². The van der Waals surface area contributed by atoms with E-state index in [1.54, 1.807) is 0 Å². The van der Waals surface area contributed by atoms with E-state index < -0.39 is 0 Å². The second-order valence-corrected chi connectivity index (χ2v) is 4.08. The van der Waals surface area contributed by atoms with Gasteiger partial charge in [-0.3, -0.25) is 0 Å². The molecule has 84 valence electrons. The first-order valence-corrected chi connectivity index (χ1v) is 5.44. The van der Waals surface area contributed by atoms with E-state index >= 15 is 0 Å². The molecule has 0 amide bonds. The molecule has 3 heteroatoms. The topological polar surface area (TPSA) is 49.6 Å². The van der Waals surface area contributed by atoms with Crippen LogP contribution >= 0.6 is 0 Å². The maximum Gasteiger partial charge on any atom is 0.160 e. The Morgan fingerprint density at radius 2 is 1.65 bits per heavy atom. The third kappa shape index (κ3) is 2.16. The van der Waals surface area contributed by atoms with Gasteiger partial charge in [0.05, 0.1) is 0 Å². The van der Waals surface area contributed by atoms with Crippen LogP contribution in [0.5, 0.6) is 0 Å². The van der Waals surface area contributed by atoms with Gasteiger partial charge in [0.1, 0.15) is 11.8 Å². The number of nitrogens with zero attached hydrogens (tertiary/aromatic N) is 3. The highest BCUT2D eigenvalue weighted by molar-refractivity contribution is 5.57. The molecule has 0 spiro atoms. The lowest BCUT2D eigenvalue weighted by molar-refractivity contribution is 1.05. The normalized spacial score (nSPS) is 10.0. The number of rotatable bonds is 1. The van der Waals surface area contributed by atoms with E-state index in [4.69, 9.17) is 5.26 Å². The van der Waals surface area contributed by atoms with Gasteiger partial charge in [-0.1, -0.05) is 29.8 Å². The Balaban J connectivity index is 2.57. The minimum Gasteiger partial charge on any atom is -0.233 e. The Kier molecular flexibility index (Phi) is 2.88. The summed E-state index contributed by atoms with van der Waals surface area (Å²) < 4.78 is 0. The first-order chi connectivity index (χ1) is 8.11. The van der Waals surface area contributed by atoms with Crippen molar-refractivity contribution in [2.45, 2.75) is 20.8 Å². The van der Waals surface area contributed by atoms with Gasteiger partial charge in [0.25, 0.3) is 0 Å². The fraction of sp³-hybridized carbons (Fsp3) is 0.214. The van der Waals surface area contributed by atoms with Crippen LogP contribution in [-0.2, 0) is 0 Å². The predicted octanol–water partition coefficient (Wildman–Crippen LogP) is 2.94. The van der Waals surface area contributed by atoms with Crippen LogP contribution in [0.15, 0.2) is 24.3 Å².